The van der Waals surface area contributed by atoms with Gasteiger partial charge in [0.1, 0.15) is 0 Å². The number of fused-ring (bicyclic) bond motifs is 8. The van der Waals surface area contributed by atoms with Crippen molar-refractivity contribution in [3.8, 4) is 0 Å². The van der Waals surface area contributed by atoms with Crippen molar-refractivity contribution in [2.45, 2.75) is 9.79 Å². The fourth-order valence-electron chi connectivity index (χ4n) is 7.72. The van der Waals surface area contributed by atoms with E-state index in [0.717, 1.165) is 22.7 Å². The summed E-state index contributed by atoms with van der Waals surface area (Å²) in [5.41, 5.74) is 6.66. The molecule has 9 rings (SSSR count). The van der Waals surface area contributed by atoms with Crippen molar-refractivity contribution >= 4 is 72.8 Å². The molecular formula is C42H30N2O2SSi. The first-order valence-corrected chi connectivity index (χ1v) is 19.5. The van der Waals surface area contributed by atoms with Gasteiger partial charge in [-0.25, -0.2) is 8.42 Å². The molecule has 4 nitrogen and oxygen atoms in total. The van der Waals surface area contributed by atoms with E-state index in [1.807, 2.05) is 18.2 Å². The standard InChI is InChI=1S/C42H30N2O2SSi/c45-47(46,33-17-5-2-6-18-33)34-29-27-32(28-30-34)44-37-21-9-13-25-41(37)48(42-26-14-10-22-38(42)44)39-23-11-7-19-35(39)43(31-15-3-1-4-16-31)36-20-8-12-24-40(36)48/h1-30H. The van der Waals surface area contributed by atoms with Gasteiger partial charge < -0.3 is 9.80 Å². The number of hydrogen-bond donors (Lipinski definition) is 0. The van der Waals surface area contributed by atoms with Gasteiger partial charge in [-0.1, -0.05) is 109 Å². The molecule has 0 fully saturated rings. The molecule has 230 valence electrons. The van der Waals surface area contributed by atoms with Crippen LogP contribution in [0.2, 0.25) is 0 Å². The van der Waals surface area contributed by atoms with Crippen molar-refractivity contribution in [2.75, 3.05) is 9.80 Å². The molecule has 0 aromatic heterocycles. The first kappa shape index (κ1) is 28.5. The van der Waals surface area contributed by atoms with Crippen molar-refractivity contribution in [3.05, 3.63) is 182 Å². The van der Waals surface area contributed by atoms with E-state index in [1.165, 1.54) is 32.1 Å². The highest BCUT2D eigenvalue weighted by Gasteiger charge is 2.53. The summed E-state index contributed by atoms with van der Waals surface area (Å²) in [6, 6.07) is 61.9. The van der Waals surface area contributed by atoms with Crippen LogP contribution in [0.3, 0.4) is 0 Å². The molecule has 1 spiro atoms. The second-order valence-corrected chi connectivity index (χ2v) is 17.7. The second kappa shape index (κ2) is 10.9. The molecule has 48 heavy (non-hydrogen) atoms. The van der Waals surface area contributed by atoms with Gasteiger partial charge in [-0.05, 0) is 93.5 Å². The van der Waals surface area contributed by atoms with Crippen molar-refractivity contribution in [2.24, 2.45) is 0 Å². The molecule has 2 aliphatic rings. The Labute approximate surface area is 281 Å². The van der Waals surface area contributed by atoms with Gasteiger partial charge in [-0.15, -0.1) is 0 Å². The summed E-state index contributed by atoms with van der Waals surface area (Å²) >= 11 is 0. The maximum Gasteiger partial charge on any atom is 0.206 e. The van der Waals surface area contributed by atoms with Crippen LogP contribution < -0.4 is 30.5 Å². The molecule has 0 N–H and O–H groups in total. The highest BCUT2D eigenvalue weighted by Crippen LogP contribution is 2.43. The zero-order valence-corrected chi connectivity index (χ0v) is 27.8. The third-order valence-electron chi connectivity index (χ3n) is 9.67. The minimum Gasteiger partial charge on any atom is -0.311 e. The summed E-state index contributed by atoms with van der Waals surface area (Å²) in [6.45, 7) is 0. The zero-order chi connectivity index (χ0) is 32.3. The fourth-order valence-corrected chi connectivity index (χ4v) is 14.4. The van der Waals surface area contributed by atoms with Gasteiger partial charge in [0.15, 0.2) is 8.07 Å². The topological polar surface area (TPSA) is 40.6 Å². The minimum absolute atomic E-state index is 0.276. The van der Waals surface area contributed by atoms with Crippen molar-refractivity contribution in [3.63, 3.8) is 0 Å². The van der Waals surface area contributed by atoms with Gasteiger partial charge in [0.05, 0.1) is 9.79 Å². The predicted octanol–water partition coefficient (Wildman–Crippen LogP) is 7.46. The molecule has 0 saturated heterocycles. The van der Waals surface area contributed by atoms with Gasteiger partial charge in [0, 0.05) is 34.1 Å². The Morgan fingerprint density at radius 2 is 0.646 bits per heavy atom. The van der Waals surface area contributed by atoms with E-state index >= 15 is 0 Å². The first-order valence-electron chi connectivity index (χ1n) is 16.0. The Kier molecular flexibility index (Phi) is 6.50. The summed E-state index contributed by atoms with van der Waals surface area (Å²) in [7, 11) is -6.51. The number of para-hydroxylation sites is 5. The van der Waals surface area contributed by atoms with E-state index in [9.17, 15) is 8.42 Å². The number of benzene rings is 7. The lowest BCUT2D eigenvalue weighted by Crippen LogP contribution is -2.79. The van der Waals surface area contributed by atoms with Crippen LogP contribution in [-0.2, 0) is 9.84 Å². The Morgan fingerprint density at radius 1 is 0.333 bits per heavy atom. The summed E-state index contributed by atoms with van der Waals surface area (Å²) in [6.07, 6.45) is 0. The molecule has 0 unspecified atom stereocenters. The highest BCUT2D eigenvalue weighted by molar-refractivity contribution is 7.91. The van der Waals surface area contributed by atoms with Crippen LogP contribution in [-0.4, -0.2) is 16.5 Å². The normalized spacial score (nSPS) is 14.1. The van der Waals surface area contributed by atoms with E-state index in [2.05, 4.69) is 137 Å². The molecule has 0 radical (unpaired) electrons. The largest absolute Gasteiger partial charge is 0.311 e. The molecule has 0 saturated carbocycles. The molecule has 0 aliphatic carbocycles. The smallest absolute Gasteiger partial charge is 0.206 e. The second-order valence-electron chi connectivity index (χ2n) is 12.1. The summed E-state index contributed by atoms with van der Waals surface area (Å²) < 4.78 is 26.9. The van der Waals surface area contributed by atoms with Crippen LogP contribution in [0, 0.1) is 0 Å². The Bertz CT molecular complexity index is 2330. The van der Waals surface area contributed by atoms with E-state index < -0.39 is 17.9 Å². The molecule has 0 bridgehead atoms. The minimum atomic E-state index is -3.64. The summed E-state index contributed by atoms with van der Waals surface area (Å²) in [5, 5.41) is 5.29. The predicted molar refractivity (Wildman–Crippen MR) is 198 cm³/mol. The van der Waals surface area contributed by atoms with Crippen LogP contribution in [0.1, 0.15) is 0 Å². The van der Waals surface area contributed by atoms with E-state index in [0.29, 0.717) is 4.90 Å². The number of rotatable bonds is 4. The molecule has 0 atom stereocenters. The van der Waals surface area contributed by atoms with Crippen molar-refractivity contribution < 1.29 is 8.42 Å². The molecule has 0 amide bonds. The van der Waals surface area contributed by atoms with Crippen LogP contribution in [0.4, 0.5) is 34.1 Å². The van der Waals surface area contributed by atoms with E-state index in [4.69, 9.17) is 0 Å². The Morgan fingerprint density at radius 3 is 1.06 bits per heavy atom. The third-order valence-corrected chi connectivity index (χ3v) is 16.4. The van der Waals surface area contributed by atoms with Gasteiger partial charge in [-0.2, -0.15) is 0 Å². The number of sulfone groups is 1. The first-order chi connectivity index (χ1) is 23.6. The lowest BCUT2D eigenvalue weighted by atomic mass is 10.1. The monoisotopic (exact) mass is 654 g/mol. The number of hydrogen-bond acceptors (Lipinski definition) is 4. The molecular weight excluding hydrogens is 625 g/mol. The van der Waals surface area contributed by atoms with Crippen LogP contribution >= 0.6 is 0 Å². The SMILES string of the molecule is O=S(=O)(c1ccccc1)c1ccc(N2c3ccccc3[Si]3(c4ccccc4N(c4ccccc4)c4ccccc43)c3ccccc32)cc1. The van der Waals surface area contributed by atoms with E-state index in [1.54, 1.807) is 36.4 Å². The Balaban J connectivity index is 1.29. The highest BCUT2D eigenvalue weighted by atomic mass is 32.2. The van der Waals surface area contributed by atoms with Crippen molar-refractivity contribution in [1.29, 1.82) is 0 Å². The maximum atomic E-state index is 13.5. The zero-order valence-electron chi connectivity index (χ0n) is 25.9. The molecule has 6 heteroatoms. The summed E-state index contributed by atoms with van der Waals surface area (Å²) in [4.78, 5) is 5.28. The number of anilines is 6. The lowest BCUT2D eigenvalue weighted by Gasteiger charge is -2.50. The average molecular weight is 655 g/mol. The van der Waals surface area contributed by atoms with Crippen molar-refractivity contribution in [1.82, 2.24) is 0 Å². The summed E-state index contributed by atoms with van der Waals surface area (Å²) in [5.74, 6) is 0. The van der Waals surface area contributed by atoms with Gasteiger partial charge in [0.2, 0.25) is 9.84 Å². The van der Waals surface area contributed by atoms with Crippen LogP contribution in [0.15, 0.2) is 192 Å². The van der Waals surface area contributed by atoms with Gasteiger partial charge in [-0.3, -0.25) is 0 Å². The quantitative estimate of drug-likeness (QED) is 0.185. The third kappa shape index (κ3) is 4.03. The van der Waals surface area contributed by atoms with Gasteiger partial charge >= 0.3 is 0 Å². The molecule has 7 aromatic carbocycles. The lowest BCUT2D eigenvalue weighted by molar-refractivity contribution is 0.596. The van der Waals surface area contributed by atoms with Crippen LogP contribution in [0.25, 0.3) is 0 Å². The fraction of sp³-hybridized carbons (Fsp3) is 0. The molecule has 2 heterocycles. The maximum absolute atomic E-state index is 13.5. The molecule has 2 aliphatic heterocycles. The Hall–Kier alpha value is -5.69. The average Bonchev–Trinajstić information content (AvgIpc) is 3.15. The number of nitrogens with zero attached hydrogens (tertiary/aromatic N) is 2. The molecule has 7 aromatic rings. The van der Waals surface area contributed by atoms with E-state index in [-0.39, 0.29) is 4.90 Å². The van der Waals surface area contributed by atoms with Crippen LogP contribution in [0.5, 0.6) is 0 Å². The van der Waals surface area contributed by atoms with Gasteiger partial charge in [0.25, 0.3) is 0 Å².